The Morgan fingerprint density at radius 1 is 1.46 bits per heavy atom. The van der Waals surface area contributed by atoms with E-state index in [0.717, 1.165) is 12.1 Å². The van der Waals surface area contributed by atoms with Crippen molar-refractivity contribution < 1.29 is 0 Å². The molecule has 0 amide bonds. The molecular formula is C10H15N3. The monoisotopic (exact) mass is 177 g/mol. The van der Waals surface area contributed by atoms with Gasteiger partial charge in [0.1, 0.15) is 5.84 Å². The minimum Gasteiger partial charge on any atom is -0.384 e. The Morgan fingerprint density at radius 2 is 2.08 bits per heavy atom. The largest absolute Gasteiger partial charge is 0.384 e. The fraction of sp³-hybridized carbons (Fsp3) is 0.400. The molecule has 13 heavy (non-hydrogen) atoms. The van der Waals surface area contributed by atoms with Crippen molar-refractivity contribution in [3.63, 3.8) is 0 Å². The maximum atomic E-state index is 5.77. The van der Waals surface area contributed by atoms with Crippen LogP contribution in [0.15, 0.2) is 29.5 Å². The number of hydrogen-bond acceptors (Lipinski definition) is 2. The predicted molar refractivity (Wildman–Crippen MR) is 54.7 cm³/mol. The molecule has 0 bridgehead atoms. The zero-order valence-electron chi connectivity index (χ0n) is 8.07. The maximum absolute atomic E-state index is 5.77. The van der Waals surface area contributed by atoms with Crippen LogP contribution in [0.5, 0.6) is 0 Å². The second-order valence-corrected chi connectivity index (χ2v) is 3.36. The average Bonchev–Trinajstić information content (AvgIpc) is 2.15. The minimum atomic E-state index is 0.542. The molecule has 1 rings (SSSR count). The number of amidine groups is 1. The topological polar surface area (TPSA) is 51.3 Å². The zero-order valence-corrected chi connectivity index (χ0v) is 8.07. The van der Waals surface area contributed by atoms with E-state index in [1.165, 1.54) is 0 Å². The number of nitrogens with two attached hydrogens (primary N) is 1. The number of aromatic nitrogens is 1. The van der Waals surface area contributed by atoms with Crippen LogP contribution in [0.3, 0.4) is 0 Å². The van der Waals surface area contributed by atoms with Crippen molar-refractivity contribution in [1.29, 1.82) is 0 Å². The molecule has 3 nitrogen and oxygen atoms in total. The van der Waals surface area contributed by atoms with E-state index < -0.39 is 0 Å². The van der Waals surface area contributed by atoms with Crippen molar-refractivity contribution >= 4 is 5.84 Å². The highest BCUT2D eigenvalue weighted by Crippen LogP contribution is 1.98. The van der Waals surface area contributed by atoms with Crippen molar-refractivity contribution in [2.24, 2.45) is 16.6 Å². The summed E-state index contributed by atoms with van der Waals surface area (Å²) >= 11 is 0. The molecule has 1 heterocycles. The number of aliphatic imine (C=N–C) groups is 1. The van der Waals surface area contributed by atoms with E-state index in [4.69, 9.17) is 5.73 Å². The molecule has 70 valence electrons. The molecule has 0 saturated heterocycles. The summed E-state index contributed by atoms with van der Waals surface area (Å²) in [6.07, 6.45) is 3.43. The zero-order chi connectivity index (χ0) is 9.68. The Labute approximate surface area is 78.7 Å². The van der Waals surface area contributed by atoms with Crippen LogP contribution in [0, 0.1) is 5.92 Å². The molecule has 0 unspecified atom stereocenters. The molecule has 0 aliphatic carbocycles. The van der Waals surface area contributed by atoms with Gasteiger partial charge >= 0.3 is 0 Å². The number of hydrogen-bond donors (Lipinski definition) is 1. The standard InChI is InChI=1S/C10H15N3/c1-8(2)7-13-10(11)9-3-5-12-6-4-9/h3-6,8H,7H2,1-2H3,(H2,11,13). The van der Waals surface area contributed by atoms with Gasteiger partial charge in [-0.1, -0.05) is 13.8 Å². The van der Waals surface area contributed by atoms with Crippen LogP contribution in [0.1, 0.15) is 19.4 Å². The van der Waals surface area contributed by atoms with Crippen molar-refractivity contribution in [3.05, 3.63) is 30.1 Å². The highest BCUT2D eigenvalue weighted by Gasteiger charge is 1.96. The van der Waals surface area contributed by atoms with Gasteiger partial charge in [-0.15, -0.1) is 0 Å². The van der Waals surface area contributed by atoms with E-state index in [1.54, 1.807) is 12.4 Å². The van der Waals surface area contributed by atoms with Crippen LogP contribution >= 0.6 is 0 Å². The number of pyridine rings is 1. The maximum Gasteiger partial charge on any atom is 0.125 e. The van der Waals surface area contributed by atoms with Gasteiger partial charge in [-0.2, -0.15) is 0 Å². The van der Waals surface area contributed by atoms with Gasteiger partial charge in [0.25, 0.3) is 0 Å². The first kappa shape index (κ1) is 9.71. The molecule has 1 aromatic heterocycles. The smallest absolute Gasteiger partial charge is 0.125 e. The third-order valence-corrected chi connectivity index (χ3v) is 1.60. The van der Waals surface area contributed by atoms with Gasteiger partial charge in [0.05, 0.1) is 0 Å². The van der Waals surface area contributed by atoms with Crippen molar-refractivity contribution in [2.45, 2.75) is 13.8 Å². The molecule has 0 aliphatic rings. The van der Waals surface area contributed by atoms with Crippen molar-refractivity contribution in [1.82, 2.24) is 4.98 Å². The first-order chi connectivity index (χ1) is 6.20. The van der Waals surface area contributed by atoms with E-state index in [0.29, 0.717) is 11.8 Å². The Morgan fingerprint density at radius 3 is 2.62 bits per heavy atom. The Bertz CT molecular complexity index is 277. The molecule has 0 aliphatic heterocycles. The van der Waals surface area contributed by atoms with Crippen LogP contribution in [0.25, 0.3) is 0 Å². The Kier molecular flexibility index (Phi) is 3.43. The first-order valence-corrected chi connectivity index (χ1v) is 4.40. The summed E-state index contributed by atoms with van der Waals surface area (Å²) in [4.78, 5) is 8.17. The molecule has 0 spiro atoms. The molecular weight excluding hydrogens is 162 g/mol. The molecule has 1 aromatic rings. The summed E-state index contributed by atoms with van der Waals surface area (Å²) < 4.78 is 0. The van der Waals surface area contributed by atoms with E-state index in [9.17, 15) is 0 Å². The fourth-order valence-corrected chi connectivity index (χ4v) is 0.895. The van der Waals surface area contributed by atoms with Crippen LogP contribution < -0.4 is 5.73 Å². The second-order valence-electron chi connectivity index (χ2n) is 3.36. The number of nitrogens with zero attached hydrogens (tertiary/aromatic N) is 2. The van der Waals surface area contributed by atoms with E-state index in [2.05, 4.69) is 23.8 Å². The second kappa shape index (κ2) is 4.60. The lowest BCUT2D eigenvalue weighted by molar-refractivity contribution is 0.665. The summed E-state index contributed by atoms with van der Waals surface area (Å²) in [7, 11) is 0. The molecule has 3 heteroatoms. The van der Waals surface area contributed by atoms with Crippen LogP contribution in [-0.4, -0.2) is 17.4 Å². The third kappa shape index (κ3) is 3.23. The van der Waals surface area contributed by atoms with E-state index in [-0.39, 0.29) is 0 Å². The molecule has 0 atom stereocenters. The third-order valence-electron chi connectivity index (χ3n) is 1.60. The summed E-state index contributed by atoms with van der Waals surface area (Å²) in [5, 5.41) is 0. The van der Waals surface area contributed by atoms with Crippen molar-refractivity contribution in [2.75, 3.05) is 6.54 Å². The first-order valence-electron chi connectivity index (χ1n) is 4.40. The molecule has 0 fully saturated rings. The van der Waals surface area contributed by atoms with Gasteiger partial charge in [-0.3, -0.25) is 9.98 Å². The van der Waals surface area contributed by atoms with Crippen LogP contribution in [-0.2, 0) is 0 Å². The van der Waals surface area contributed by atoms with Gasteiger partial charge in [0, 0.05) is 24.5 Å². The summed E-state index contributed by atoms with van der Waals surface area (Å²) in [6.45, 7) is 5.00. The molecule has 0 radical (unpaired) electrons. The van der Waals surface area contributed by atoms with E-state index in [1.807, 2.05) is 12.1 Å². The average molecular weight is 177 g/mol. The Balaban J connectivity index is 2.68. The van der Waals surface area contributed by atoms with Crippen molar-refractivity contribution in [3.8, 4) is 0 Å². The Hall–Kier alpha value is -1.38. The SMILES string of the molecule is CC(C)CN=C(N)c1ccncc1. The van der Waals surface area contributed by atoms with Gasteiger partial charge in [0.15, 0.2) is 0 Å². The summed E-state index contributed by atoms with van der Waals surface area (Å²) in [5.41, 5.74) is 6.71. The lowest BCUT2D eigenvalue weighted by Gasteiger charge is -2.02. The minimum absolute atomic E-state index is 0.542. The van der Waals surface area contributed by atoms with Gasteiger partial charge < -0.3 is 5.73 Å². The lowest BCUT2D eigenvalue weighted by atomic mass is 10.2. The summed E-state index contributed by atoms with van der Waals surface area (Å²) in [5.74, 6) is 1.14. The normalized spacial score (nSPS) is 12.1. The fourth-order valence-electron chi connectivity index (χ4n) is 0.895. The highest BCUT2D eigenvalue weighted by atomic mass is 14.9. The molecule has 0 aromatic carbocycles. The summed E-state index contributed by atoms with van der Waals surface area (Å²) in [6, 6.07) is 3.72. The molecule has 2 N–H and O–H groups in total. The van der Waals surface area contributed by atoms with Crippen LogP contribution in [0.4, 0.5) is 0 Å². The predicted octanol–water partition coefficient (Wildman–Crippen LogP) is 1.44. The van der Waals surface area contributed by atoms with Gasteiger partial charge in [-0.05, 0) is 18.1 Å². The number of rotatable bonds is 3. The van der Waals surface area contributed by atoms with Gasteiger partial charge in [0.2, 0.25) is 0 Å². The van der Waals surface area contributed by atoms with Crippen LogP contribution in [0.2, 0.25) is 0 Å². The van der Waals surface area contributed by atoms with E-state index >= 15 is 0 Å². The van der Waals surface area contributed by atoms with Gasteiger partial charge in [-0.25, -0.2) is 0 Å². The highest BCUT2D eigenvalue weighted by molar-refractivity contribution is 5.97. The molecule has 0 saturated carbocycles. The quantitative estimate of drug-likeness (QED) is 0.561. The lowest BCUT2D eigenvalue weighted by Crippen LogP contribution is -2.14.